The SMILES string of the molecule is CC[C@@H](C)C(=O)[C@]12C(=O)C(CCC(C)(C)O)=C(O)[C@](CC=C(C)C)(C[C@@H](CC=C(C)C)C1(C)C)C2=O. The van der Waals surface area contributed by atoms with E-state index in [0.29, 0.717) is 19.3 Å². The Labute approximate surface area is 218 Å². The highest BCUT2D eigenvalue weighted by Crippen LogP contribution is 2.66. The Morgan fingerprint density at radius 1 is 1.11 bits per heavy atom. The molecule has 0 radical (unpaired) electrons. The Hall–Kier alpha value is -2.01. The molecular formula is C31H48O5. The van der Waals surface area contributed by atoms with E-state index in [-0.39, 0.29) is 42.3 Å². The lowest BCUT2D eigenvalue weighted by Crippen LogP contribution is -2.70. The van der Waals surface area contributed by atoms with Gasteiger partial charge in [0.05, 0.1) is 11.0 Å². The summed E-state index contributed by atoms with van der Waals surface area (Å²) in [5.41, 5.74) is -2.93. The van der Waals surface area contributed by atoms with E-state index in [4.69, 9.17) is 0 Å². The smallest absolute Gasteiger partial charge is 0.183 e. The van der Waals surface area contributed by atoms with E-state index >= 15 is 0 Å². The predicted molar refractivity (Wildman–Crippen MR) is 145 cm³/mol. The maximum Gasteiger partial charge on any atom is 0.183 e. The Bertz CT molecular complexity index is 994. The van der Waals surface area contributed by atoms with Crippen molar-refractivity contribution < 1.29 is 24.6 Å². The van der Waals surface area contributed by atoms with Gasteiger partial charge in [-0.2, -0.15) is 0 Å². The van der Waals surface area contributed by atoms with Crippen LogP contribution in [-0.2, 0) is 14.4 Å². The molecule has 2 N–H and O–H groups in total. The van der Waals surface area contributed by atoms with Crippen LogP contribution in [0.2, 0.25) is 0 Å². The molecule has 36 heavy (non-hydrogen) atoms. The van der Waals surface area contributed by atoms with Crippen LogP contribution in [0, 0.1) is 28.1 Å². The molecule has 202 valence electrons. The number of aliphatic hydroxyl groups excluding tert-OH is 1. The zero-order valence-corrected chi connectivity index (χ0v) is 24.2. The Morgan fingerprint density at radius 2 is 1.67 bits per heavy atom. The summed E-state index contributed by atoms with van der Waals surface area (Å²) in [5, 5.41) is 22.2. The van der Waals surface area contributed by atoms with Crippen LogP contribution in [0.1, 0.15) is 108 Å². The first kappa shape index (κ1) is 30.2. The van der Waals surface area contributed by atoms with Gasteiger partial charge in [0, 0.05) is 11.5 Å². The summed E-state index contributed by atoms with van der Waals surface area (Å²) in [6.45, 7) is 18.7. The molecule has 0 heterocycles. The van der Waals surface area contributed by atoms with Gasteiger partial charge in [-0.15, -0.1) is 0 Å². The van der Waals surface area contributed by atoms with Crippen LogP contribution in [0.4, 0.5) is 0 Å². The normalized spacial score (nSPS) is 28.6. The van der Waals surface area contributed by atoms with Crippen molar-refractivity contribution in [3.63, 3.8) is 0 Å². The molecular weight excluding hydrogens is 452 g/mol. The van der Waals surface area contributed by atoms with Gasteiger partial charge < -0.3 is 10.2 Å². The fourth-order valence-electron chi connectivity index (χ4n) is 6.11. The van der Waals surface area contributed by atoms with Crippen LogP contribution in [0.15, 0.2) is 34.6 Å². The summed E-state index contributed by atoms with van der Waals surface area (Å²) in [4.78, 5) is 43.4. The first-order valence-electron chi connectivity index (χ1n) is 13.5. The van der Waals surface area contributed by atoms with Gasteiger partial charge in [0.25, 0.3) is 0 Å². The van der Waals surface area contributed by atoms with Crippen molar-refractivity contribution in [3.8, 4) is 0 Å². The van der Waals surface area contributed by atoms with Gasteiger partial charge in [0.15, 0.2) is 22.8 Å². The average Bonchev–Trinajstić information content (AvgIpc) is 2.75. The minimum atomic E-state index is -1.86. The summed E-state index contributed by atoms with van der Waals surface area (Å²) < 4.78 is 0. The molecule has 0 aliphatic heterocycles. The molecule has 0 saturated heterocycles. The lowest BCUT2D eigenvalue weighted by Gasteiger charge is -2.60. The topological polar surface area (TPSA) is 91.7 Å². The van der Waals surface area contributed by atoms with E-state index < -0.39 is 39.3 Å². The molecule has 2 bridgehead atoms. The number of hydrogen-bond donors (Lipinski definition) is 2. The number of allylic oxidation sites excluding steroid dienone is 6. The highest BCUT2D eigenvalue weighted by atomic mass is 16.3. The first-order valence-corrected chi connectivity index (χ1v) is 13.5. The molecule has 1 fully saturated rings. The summed E-state index contributed by atoms with van der Waals surface area (Å²) in [6, 6.07) is 0. The standard InChI is InChI=1S/C31H48O5/c1-11-21(6)24(32)31-26(34)23(15-16-28(7,8)36)25(33)30(27(31)35,17-14-20(4)5)18-22(29(31,9)10)13-12-19(2)3/h12,14,21-22,33,36H,11,13,15-18H2,1-10H3/t21-,22-,30+,31-/m1/s1. The van der Waals surface area contributed by atoms with Crippen LogP contribution in [-0.4, -0.2) is 33.2 Å². The molecule has 0 spiro atoms. The van der Waals surface area contributed by atoms with Gasteiger partial charge in [0.2, 0.25) is 0 Å². The fourth-order valence-corrected chi connectivity index (χ4v) is 6.11. The fraction of sp³-hybridized carbons (Fsp3) is 0.710. The summed E-state index contributed by atoms with van der Waals surface area (Å²) >= 11 is 0. The molecule has 0 amide bonds. The molecule has 0 aromatic rings. The van der Waals surface area contributed by atoms with E-state index in [1.54, 1.807) is 20.8 Å². The molecule has 4 atom stereocenters. The Morgan fingerprint density at radius 3 is 2.14 bits per heavy atom. The lowest BCUT2D eigenvalue weighted by atomic mass is 9.39. The number of fused-ring (bicyclic) bond motifs is 2. The third-order valence-electron chi connectivity index (χ3n) is 8.80. The first-order chi connectivity index (χ1) is 16.4. The molecule has 2 aliphatic carbocycles. The quantitative estimate of drug-likeness (QED) is 0.253. The van der Waals surface area contributed by atoms with Crippen molar-refractivity contribution in [2.75, 3.05) is 0 Å². The van der Waals surface area contributed by atoms with Crippen molar-refractivity contribution in [2.24, 2.45) is 28.1 Å². The summed E-state index contributed by atoms with van der Waals surface area (Å²) in [5.74, 6) is -2.15. The largest absolute Gasteiger partial charge is 0.511 e. The molecule has 0 aromatic heterocycles. The molecule has 0 aromatic carbocycles. The van der Waals surface area contributed by atoms with Crippen molar-refractivity contribution in [2.45, 2.75) is 113 Å². The minimum Gasteiger partial charge on any atom is -0.511 e. The Kier molecular flexibility index (Phi) is 8.72. The molecule has 1 saturated carbocycles. The van der Waals surface area contributed by atoms with Crippen LogP contribution in [0.3, 0.4) is 0 Å². The van der Waals surface area contributed by atoms with Crippen molar-refractivity contribution in [1.29, 1.82) is 0 Å². The van der Waals surface area contributed by atoms with Gasteiger partial charge >= 0.3 is 0 Å². The highest BCUT2D eigenvalue weighted by molar-refractivity contribution is 6.33. The summed E-state index contributed by atoms with van der Waals surface area (Å²) in [6.07, 6.45) is 6.15. The van der Waals surface area contributed by atoms with Crippen LogP contribution in [0.25, 0.3) is 0 Å². The minimum absolute atomic E-state index is 0.113. The maximum absolute atomic E-state index is 14.7. The number of ketones is 3. The number of Topliss-reactive ketones (excluding diaryl/α,β-unsaturated/α-hetero) is 3. The molecule has 2 aliphatic rings. The van der Waals surface area contributed by atoms with Gasteiger partial charge in [-0.3, -0.25) is 14.4 Å². The monoisotopic (exact) mass is 500 g/mol. The zero-order chi connectivity index (χ0) is 27.9. The van der Waals surface area contributed by atoms with Crippen molar-refractivity contribution in [1.82, 2.24) is 0 Å². The second kappa shape index (κ2) is 10.4. The maximum atomic E-state index is 14.7. The highest BCUT2D eigenvalue weighted by Gasteiger charge is 2.75. The molecule has 5 nitrogen and oxygen atoms in total. The van der Waals surface area contributed by atoms with Crippen LogP contribution >= 0.6 is 0 Å². The van der Waals surface area contributed by atoms with Crippen molar-refractivity contribution in [3.05, 3.63) is 34.6 Å². The van der Waals surface area contributed by atoms with E-state index in [1.807, 2.05) is 54.5 Å². The number of hydrogen-bond acceptors (Lipinski definition) is 5. The molecule has 0 unspecified atom stereocenters. The van der Waals surface area contributed by atoms with Crippen molar-refractivity contribution >= 4 is 17.3 Å². The van der Waals surface area contributed by atoms with E-state index in [1.165, 1.54) is 0 Å². The number of carbonyl (C=O) groups excluding carboxylic acids is 3. The lowest BCUT2D eigenvalue weighted by molar-refractivity contribution is -0.178. The van der Waals surface area contributed by atoms with Gasteiger partial charge in [0.1, 0.15) is 5.76 Å². The third kappa shape index (κ3) is 4.92. The van der Waals surface area contributed by atoms with Gasteiger partial charge in [-0.1, -0.05) is 51.0 Å². The number of rotatable bonds is 10. The Balaban J connectivity index is 2.98. The van der Waals surface area contributed by atoms with E-state index in [9.17, 15) is 24.6 Å². The number of carbonyl (C=O) groups is 3. The number of aliphatic hydroxyl groups is 2. The van der Waals surface area contributed by atoms with Gasteiger partial charge in [-0.25, -0.2) is 0 Å². The summed E-state index contributed by atoms with van der Waals surface area (Å²) in [7, 11) is 0. The average molecular weight is 501 g/mol. The zero-order valence-electron chi connectivity index (χ0n) is 24.2. The molecule has 2 rings (SSSR count). The predicted octanol–water partition coefficient (Wildman–Crippen LogP) is 6.85. The third-order valence-corrected chi connectivity index (χ3v) is 8.80. The van der Waals surface area contributed by atoms with Crippen LogP contribution < -0.4 is 0 Å². The second-order valence-corrected chi connectivity index (χ2v) is 12.9. The van der Waals surface area contributed by atoms with Crippen LogP contribution in [0.5, 0.6) is 0 Å². The second-order valence-electron chi connectivity index (χ2n) is 12.9. The van der Waals surface area contributed by atoms with E-state index in [0.717, 1.165) is 11.1 Å². The van der Waals surface area contributed by atoms with Gasteiger partial charge in [-0.05, 0) is 91.4 Å². The van der Waals surface area contributed by atoms with E-state index in [2.05, 4.69) is 6.08 Å². The molecule has 5 heteroatoms.